The first-order valence-corrected chi connectivity index (χ1v) is 12.4. The van der Waals surface area contributed by atoms with Crippen LogP contribution in [0.1, 0.15) is 45.4 Å². The predicted molar refractivity (Wildman–Crippen MR) is 120 cm³/mol. The molecule has 4 aliphatic carbocycles. The van der Waals surface area contributed by atoms with Gasteiger partial charge in [-0.2, -0.15) is 0 Å². The van der Waals surface area contributed by atoms with Crippen molar-refractivity contribution in [3.05, 3.63) is 24.3 Å². The van der Waals surface area contributed by atoms with Gasteiger partial charge in [-0.15, -0.1) is 10.2 Å². The minimum atomic E-state index is -0.106. The molecule has 0 radical (unpaired) electrons. The van der Waals surface area contributed by atoms with Crippen LogP contribution < -0.4 is 10.6 Å². The number of carbonyl (C=O) groups excluding carboxylic acids is 2. The highest BCUT2D eigenvalue weighted by Gasteiger charge is 2.54. The highest BCUT2D eigenvalue weighted by atomic mass is 32.2. The number of rotatable bonds is 7. The van der Waals surface area contributed by atoms with E-state index in [1.807, 2.05) is 24.3 Å². The van der Waals surface area contributed by atoms with Crippen molar-refractivity contribution >= 4 is 51.3 Å². The summed E-state index contributed by atoms with van der Waals surface area (Å²) in [6, 6.07) is 7.47. The Hall–Kier alpha value is -1.93. The summed E-state index contributed by atoms with van der Waals surface area (Å²) < 4.78 is 0.814. The standard InChI is InChI=1S/C22H26N4O2S2/c1-13(27)23-17-3-2-4-18(8-17)24-20-25-26-21(30-20)29-12-19(28)22-9-14-5-15(10-22)7-16(6-14)11-22/h2-4,8,14-16H,5-7,9-12H2,1H3,(H,23,27)(H,24,25). The molecule has 2 N–H and O–H groups in total. The van der Waals surface area contributed by atoms with Crippen molar-refractivity contribution in [3.63, 3.8) is 0 Å². The van der Waals surface area contributed by atoms with Crippen molar-refractivity contribution in [1.82, 2.24) is 10.2 Å². The lowest BCUT2D eigenvalue weighted by molar-refractivity contribution is -0.141. The molecule has 1 aromatic heterocycles. The van der Waals surface area contributed by atoms with Crippen LogP contribution in [0.25, 0.3) is 0 Å². The van der Waals surface area contributed by atoms with Crippen molar-refractivity contribution < 1.29 is 9.59 Å². The van der Waals surface area contributed by atoms with Crippen LogP contribution in [-0.2, 0) is 9.59 Å². The first kappa shape index (κ1) is 20.0. The maximum Gasteiger partial charge on any atom is 0.221 e. The molecule has 1 aromatic carbocycles. The number of Topliss-reactive ketones (excluding diaryl/α,β-unsaturated/α-hetero) is 1. The van der Waals surface area contributed by atoms with E-state index in [0.29, 0.717) is 16.7 Å². The molecule has 0 atom stereocenters. The molecule has 1 amide bonds. The maximum atomic E-state index is 13.2. The van der Waals surface area contributed by atoms with E-state index in [1.54, 1.807) is 0 Å². The summed E-state index contributed by atoms with van der Waals surface area (Å²) in [5.74, 6) is 3.19. The zero-order valence-electron chi connectivity index (χ0n) is 17.0. The zero-order valence-corrected chi connectivity index (χ0v) is 18.7. The van der Waals surface area contributed by atoms with Crippen LogP contribution in [0.4, 0.5) is 16.5 Å². The molecule has 2 aromatic rings. The van der Waals surface area contributed by atoms with E-state index < -0.39 is 0 Å². The van der Waals surface area contributed by atoms with Crippen molar-refractivity contribution in [2.45, 2.75) is 49.8 Å². The van der Waals surface area contributed by atoms with Gasteiger partial charge in [-0.1, -0.05) is 29.2 Å². The van der Waals surface area contributed by atoms with Crippen LogP contribution >= 0.6 is 23.1 Å². The third-order valence-corrected chi connectivity index (χ3v) is 8.77. The molecule has 0 saturated heterocycles. The number of thioether (sulfide) groups is 1. The molecule has 8 heteroatoms. The fraction of sp³-hybridized carbons (Fsp3) is 0.545. The number of ketones is 1. The summed E-state index contributed by atoms with van der Waals surface area (Å²) in [6.45, 7) is 1.49. The molecular weight excluding hydrogens is 416 g/mol. The molecular formula is C22H26N4O2S2. The topological polar surface area (TPSA) is 84.0 Å². The van der Waals surface area contributed by atoms with Gasteiger partial charge in [0.2, 0.25) is 11.0 Å². The normalized spacial score (nSPS) is 29.0. The Morgan fingerprint density at radius 2 is 1.77 bits per heavy atom. The Morgan fingerprint density at radius 3 is 2.43 bits per heavy atom. The lowest BCUT2D eigenvalue weighted by atomic mass is 9.48. The second-order valence-corrected chi connectivity index (χ2v) is 11.4. The van der Waals surface area contributed by atoms with E-state index in [1.165, 1.54) is 49.3 Å². The van der Waals surface area contributed by atoms with Crippen LogP contribution in [0.3, 0.4) is 0 Å². The molecule has 4 fully saturated rings. The van der Waals surface area contributed by atoms with E-state index in [9.17, 15) is 9.59 Å². The Morgan fingerprint density at radius 1 is 1.10 bits per heavy atom. The first-order valence-electron chi connectivity index (χ1n) is 10.6. The molecule has 4 saturated carbocycles. The summed E-state index contributed by atoms with van der Waals surface area (Å²) in [4.78, 5) is 24.4. The van der Waals surface area contributed by atoms with Gasteiger partial charge in [0.15, 0.2) is 4.34 Å². The van der Waals surface area contributed by atoms with Crippen LogP contribution in [0, 0.1) is 23.2 Å². The minimum Gasteiger partial charge on any atom is -0.330 e. The van der Waals surface area contributed by atoms with E-state index >= 15 is 0 Å². The van der Waals surface area contributed by atoms with Crippen molar-refractivity contribution in [3.8, 4) is 0 Å². The number of hydrogen-bond donors (Lipinski definition) is 2. The van der Waals surface area contributed by atoms with Crippen molar-refractivity contribution in [2.75, 3.05) is 16.4 Å². The van der Waals surface area contributed by atoms with E-state index in [2.05, 4.69) is 20.8 Å². The second-order valence-electron chi connectivity index (χ2n) is 9.17. The third-order valence-electron chi connectivity index (χ3n) is 6.80. The number of hydrogen-bond acceptors (Lipinski definition) is 7. The summed E-state index contributed by atoms with van der Waals surface area (Å²) in [7, 11) is 0. The second kappa shape index (κ2) is 7.96. The zero-order chi connectivity index (χ0) is 20.7. The summed E-state index contributed by atoms with van der Waals surface area (Å²) >= 11 is 2.98. The third kappa shape index (κ3) is 4.12. The number of amides is 1. The highest BCUT2D eigenvalue weighted by Crippen LogP contribution is 2.60. The lowest BCUT2D eigenvalue weighted by Gasteiger charge is -2.56. The highest BCUT2D eigenvalue weighted by molar-refractivity contribution is 8.01. The van der Waals surface area contributed by atoms with Crippen LogP contribution in [0.15, 0.2) is 28.6 Å². The summed E-state index contributed by atoms with van der Waals surface area (Å²) in [5.41, 5.74) is 1.52. The average Bonchev–Trinajstić information content (AvgIpc) is 3.12. The van der Waals surface area contributed by atoms with Gasteiger partial charge in [0, 0.05) is 23.7 Å². The molecule has 4 bridgehead atoms. The smallest absolute Gasteiger partial charge is 0.221 e. The van der Waals surface area contributed by atoms with Gasteiger partial charge in [-0.05, 0) is 74.5 Å². The molecule has 0 aliphatic heterocycles. The SMILES string of the molecule is CC(=O)Nc1cccc(Nc2nnc(SCC(=O)C34CC5CC(CC(C5)C3)C4)s2)c1. The van der Waals surface area contributed by atoms with Gasteiger partial charge in [-0.3, -0.25) is 9.59 Å². The van der Waals surface area contributed by atoms with Gasteiger partial charge < -0.3 is 10.6 Å². The largest absolute Gasteiger partial charge is 0.330 e. The summed E-state index contributed by atoms with van der Waals surface area (Å²) in [5, 5.41) is 15.1. The number of nitrogens with one attached hydrogen (secondary N) is 2. The maximum absolute atomic E-state index is 13.2. The minimum absolute atomic E-state index is 0.0440. The Kier molecular flexibility index (Phi) is 5.31. The molecule has 6 rings (SSSR count). The fourth-order valence-corrected chi connectivity index (χ4v) is 7.86. The van der Waals surface area contributed by atoms with Crippen LogP contribution in [0.2, 0.25) is 0 Å². The number of benzene rings is 1. The average molecular weight is 443 g/mol. The number of aromatic nitrogens is 2. The van der Waals surface area contributed by atoms with E-state index in [-0.39, 0.29) is 11.3 Å². The molecule has 1 heterocycles. The Labute approximate surface area is 184 Å². The molecule has 6 nitrogen and oxygen atoms in total. The van der Waals surface area contributed by atoms with Gasteiger partial charge >= 0.3 is 0 Å². The lowest BCUT2D eigenvalue weighted by Crippen LogP contribution is -2.50. The molecule has 158 valence electrons. The fourth-order valence-electron chi connectivity index (χ4n) is 6.05. The first-order chi connectivity index (χ1) is 14.5. The monoisotopic (exact) mass is 442 g/mol. The van der Waals surface area contributed by atoms with E-state index in [0.717, 1.165) is 52.7 Å². The molecule has 30 heavy (non-hydrogen) atoms. The van der Waals surface area contributed by atoms with Crippen molar-refractivity contribution in [2.24, 2.45) is 23.2 Å². The van der Waals surface area contributed by atoms with E-state index in [4.69, 9.17) is 0 Å². The van der Waals surface area contributed by atoms with Gasteiger partial charge in [-0.25, -0.2) is 0 Å². The van der Waals surface area contributed by atoms with Gasteiger partial charge in [0.05, 0.1) is 5.75 Å². The number of anilines is 3. The molecule has 0 unspecified atom stereocenters. The van der Waals surface area contributed by atoms with Crippen LogP contribution in [-0.4, -0.2) is 27.6 Å². The van der Waals surface area contributed by atoms with Crippen molar-refractivity contribution in [1.29, 1.82) is 0 Å². The van der Waals surface area contributed by atoms with Gasteiger partial charge in [0.1, 0.15) is 5.78 Å². The van der Waals surface area contributed by atoms with Crippen LogP contribution in [0.5, 0.6) is 0 Å². The Balaban J connectivity index is 1.19. The quantitative estimate of drug-likeness (QED) is 0.579. The number of nitrogens with zero attached hydrogens (tertiary/aromatic N) is 2. The number of carbonyl (C=O) groups is 2. The predicted octanol–water partition coefficient (Wildman–Crippen LogP) is 5.12. The van der Waals surface area contributed by atoms with Gasteiger partial charge in [0.25, 0.3) is 0 Å². The molecule has 4 aliphatic rings. The molecule has 0 spiro atoms. The Bertz CT molecular complexity index is 938. The summed E-state index contributed by atoms with van der Waals surface area (Å²) in [6.07, 6.45) is 7.42.